The summed E-state index contributed by atoms with van der Waals surface area (Å²) in [6, 6.07) is 0.799. The Hall–Kier alpha value is -0.380. The number of rotatable bonds is 5. The van der Waals surface area contributed by atoms with E-state index in [2.05, 4.69) is 23.3 Å². The Morgan fingerprint density at radius 1 is 1.28 bits per heavy atom. The van der Waals surface area contributed by atoms with Crippen LogP contribution in [-0.4, -0.2) is 61.3 Å². The fourth-order valence-corrected chi connectivity index (χ4v) is 3.26. The molecule has 2 unspecified atom stereocenters. The van der Waals surface area contributed by atoms with E-state index in [0.717, 1.165) is 12.6 Å². The van der Waals surface area contributed by atoms with Crippen LogP contribution >= 0.6 is 0 Å². The lowest BCUT2D eigenvalue weighted by molar-refractivity contribution is 0.0489. The Balaban J connectivity index is 1.80. The molecule has 0 spiro atoms. The Labute approximate surface area is 112 Å². The first-order chi connectivity index (χ1) is 8.79. The Bertz CT molecular complexity index is 257. The van der Waals surface area contributed by atoms with Crippen LogP contribution in [-0.2, 0) is 4.74 Å². The highest BCUT2D eigenvalue weighted by atomic mass is 16.5. The second-order valence-corrected chi connectivity index (χ2v) is 5.73. The highest BCUT2D eigenvalue weighted by Gasteiger charge is 2.27. The lowest BCUT2D eigenvalue weighted by atomic mass is 10.0. The van der Waals surface area contributed by atoms with Crippen LogP contribution in [0.1, 0.15) is 32.6 Å². The molecular formula is C15H28N2O. The molecule has 0 amide bonds. The molecule has 0 N–H and O–H groups in total. The van der Waals surface area contributed by atoms with Gasteiger partial charge in [-0.2, -0.15) is 0 Å². The van der Waals surface area contributed by atoms with Crippen LogP contribution in [0.5, 0.6) is 0 Å². The molecule has 3 heteroatoms. The van der Waals surface area contributed by atoms with Gasteiger partial charge in [0.25, 0.3) is 0 Å². The molecule has 104 valence electrons. The van der Waals surface area contributed by atoms with Gasteiger partial charge in [0, 0.05) is 19.1 Å². The number of fused-ring (bicyclic) bond motifs is 1. The lowest BCUT2D eigenvalue weighted by Crippen LogP contribution is -2.45. The van der Waals surface area contributed by atoms with Crippen molar-refractivity contribution in [3.8, 4) is 0 Å². The molecule has 2 heterocycles. The van der Waals surface area contributed by atoms with Crippen molar-refractivity contribution < 1.29 is 4.74 Å². The molecule has 0 radical (unpaired) electrons. The Kier molecular flexibility index (Phi) is 5.67. The van der Waals surface area contributed by atoms with Crippen LogP contribution < -0.4 is 0 Å². The zero-order valence-electron chi connectivity index (χ0n) is 11.8. The van der Waals surface area contributed by atoms with Crippen molar-refractivity contribution in [1.29, 1.82) is 0 Å². The predicted molar refractivity (Wildman–Crippen MR) is 75.9 cm³/mol. The van der Waals surface area contributed by atoms with Gasteiger partial charge in [-0.25, -0.2) is 0 Å². The van der Waals surface area contributed by atoms with E-state index in [0.29, 0.717) is 12.7 Å². The smallest absolute Gasteiger partial charge is 0.0678 e. The SMILES string of the molecule is C=CCOC(C)CN1CCCN2CCCCC2C1. The summed E-state index contributed by atoms with van der Waals surface area (Å²) in [5.74, 6) is 0. The third kappa shape index (κ3) is 4.08. The predicted octanol–water partition coefficient (Wildman–Crippen LogP) is 2.14. The molecule has 0 aromatic carbocycles. The van der Waals surface area contributed by atoms with E-state index in [4.69, 9.17) is 4.74 Å². The summed E-state index contributed by atoms with van der Waals surface area (Å²) < 4.78 is 5.70. The van der Waals surface area contributed by atoms with E-state index >= 15 is 0 Å². The van der Waals surface area contributed by atoms with Gasteiger partial charge in [0.2, 0.25) is 0 Å². The first kappa shape index (κ1) is 14.0. The van der Waals surface area contributed by atoms with Gasteiger partial charge >= 0.3 is 0 Å². The molecule has 2 aliphatic rings. The third-order valence-corrected chi connectivity index (χ3v) is 4.15. The molecule has 2 saturated heterocycles. The molecule has 2 aliphatic heterocycles. The van der Waals surface area contributed by atoms with Gasteiger partial charge in [0.05, 0.1) is 12.7 Å². The molecule has 18 heavy (non-hydrogen) atoms. The number of nitrogens with zero attached hydrogens (tertiary/aromatic N) is 2. The van der Waals surface area contributed by atoms with Crippen LogP contribution in [0, 0.1) is 0 Å². The second kappa shape index (κ2) is 7.27. The van der Waals surface area contributed by atoms with E-state index < -0.39 is 0 Å². The molecular weight excluding hydrogens is 224 g/mol. The number of ether oxygens (including phenoxy) is 1. The first-order valence-corrected chi connectivity index (χ1v) is 7.48. The molecule has 0 bridgehead atoms. The summed E-state index contributed by atoms with van der Waals surface area (Å²) in [5.41, 5.74) is 0. The number of hydrogen-bond acceptors (Lipinski definition) is 3. The fourth-order valence-electron chi connectivity index (χ4n) is 3.26. The second-order valence-electron chi connectivity index (χ2n) is 5.73. The zero-order chi connectivity index (χ0) is 12.8. The highest BCUT2D eigenvalue weighted by molar-refractivity contribution is 4.83. The summed E-state index contributed by atoms with van der Waals surface area (Å²) in [4.78, 5) is 5.31. The standard InChI is InChI=1S/C15H28N2O/c1-3-11-18-14(2)12-16-8-6-10-17-9-5-4-7-15(17)13-16/h3,14-15H,1,4-13H2,2H3. The van der Waals surface area contributed by atoms with Crippen molar-refractivity contribution in [2.24, 2.45) is 0 Å². The van der Waals surface area contributed by atoms with E-state index in [1.54, 1.807) is 0 Å². The number of hydrogen-bond donors (Lipinski definition) is 0. The molecule has 0 aromatic heterocycles. The van der Waals surface area contributed by atoms with Crippen LogP contribution in [0.15, 0.2) is 12.7 Å². The van der Waals surface area contributed by atoms with Crippen molar-refractivity contribution in [3.05, 3.63) is 12.7 Å². The van der Waals surface area contributed by atoms with Crippen molar-refractivity contribution >= 4 is 0 Å². The van der Waals surface area contributed by atoms with Crippen molar-refractivity contribution in [1.82, 2.24) is 9.80 Å². The van der Waals surface area contributed by atoms with Crippen LogP contribution in [0.25, 0.3) is 0 Å². The minimum absolute atomic E-state index is 0.318. The maximum absolute atomic E-state index is 5.70. The minimum Gasteiger partial charge on any atom is -0.373 e. The van der Waals surface area contributed by atoms with Gasteiger partial charge in [-0.1, -0.05) is 12.5 Å². The Morgan fingerprint density at radius 3 is 2.94 bits per heavy atom. The maximum Gasteiger partial charge on any atom is 0.0678 e. The summed E-state index contributed by atoms with van der Waals surface area (Å²) in [6.07, 6.45) is 7.66. The molecule has 2 rings (SSSR count). The largest absolute Gasteiger partial charge is 0.373 e. The number of piperidine rings is 1. The van der Waals surface area contributed by atoms with Crippen LogP contribution in [0.3, 0.4) is 0 Å². The lowest BCUT2D eigenvalue weighted by Gasteiger charge is -2.35. The molecule has 0 saturated carbocycles. The van der Waals surface area contributed by atoms with Gasteiger partial charge in [-0.05, 0) is 45.8 Å². The van der Waals surface area contributed by atoms with E-state index in [-0.39, 0.29) is 0 Å². The molecule has 2 atom stereocenters. The zero-order valence-corrected chi connectivity index (χ0v) is 11.8. The maximum atomic E-state index is 5.70. The van der Waals surface area contributed by atoms with Gasteiger partial charge in [0.15, 0.2) is 0 Å². The van der Waals surface area contributed by atoms with E-state index in [1.165, 1.54) is 51.9 Å². The monoisotopic (exact) mass is 252 g/mol. The van der Waals surface area contributed by atoms with Crippen molar-refractivity contribution in [3.63, 3.8) is 0 Å². The van der Waals surface area contributed by atoms with E-state index in [1.807, 2.05) is 6.08 Å². The summed E-state index contributed by atoms with van der Waals surface area (Å²) >= 11 is 0. The van der Waals surface area contributed by atoms with Crippen molar-refractivity contribution in [2.75, 3.05) is 39.3 Å². The van der Waals surface area contributed by atoms with Crippen LogP contribution in [0.4, 0.5) is 0 Å². The van der Waals surface area contributed by atoms with Crippen LogP contribution in [0.2, 0.25) is 0 Å². The molecule has 0 aliphatic carbocycles. The van der Waals surface area contributed by atoms with Gasteiger partial charge in [-0.3, -0.25) is 9.80 Å². The van der Waals surface area contributed by atoms with E-state index in [9.17, 15) is 0 Å². The van der Waals surface area contributed by atoms with Crippen molar-refractivity contribution in [2.45, 2.75) is 44.8 Å². The third-order valence-electron chi connectivity index (χ3n) is 4.15. The normalized spacial score (nSPS) is 28.4. The van der Waals surface area contributed by atoms with Gasteiger partial charge < -0.3 is 4.74 Å². The average molecular weight is 252 g/mol. The average Bonchev–Trinajstić information content (AvgIpc) is 2.57. The van der Waals surface area contributed by atoms with Gasteiger partial charge in [0.1, 0.15) is 0 Å². The fraction of sp³-hybridized carbons (Fsp3) is 0.867. The quantitative estimate of drug-likeness (QED) is 0.697. The summed E-state index contributed by atoms with van der Waals surface area (Å²) in [6.45, 7) is 12.7. The Morgan fingerprint density at radius 2 is 2.11 bits per heavy atom. The topological polar surface area (TPSA) is 15.7 Å². The molecule has 2 fully saturated rings. The first-order valence-electron chi connectivity index (χ1n) is 7.48. The summed E-state index contributed by atoms with van der Waals surface area (Å²) in [7, 11) is 0. The summed E-state index contributed by atoms with van der Waals surface area (Å²) in [5, 5.41) is 0. The minimum atomic E-state index is 0.318. The molecule has 3 nitrogen and oxygen atoms in total. The molecule has 0 aromatic rings. The van der Waals surface area contributed by atoms with Gasteiger partial charge in [-0.15, -0.1) is 6.58 Å². The highest BCUT2D eigenvalue weighted by Crippen LogP contribution is 2.21.